The average Bonchev–Trinajstić information content (AvgIpc) is 1.65. The van der Waals surface area contributed by atoms with E-state index in [9.17, 15) is 0 Å². The van der Waals surface area contributed by atoms with Crippen molar-refractivity contribution < 1.29 is 5.11 Å². The summed E-state index contributed by atoms with van der Waals surface area (Å²) in [5.74, 6) is 0.359. The standard InChI is InChI=1S/C6H13O/c1-4-6(7)5(2)3/h5-7H,1,4H2,2-3H3. The molecule has 0 rings (SSSR count). The molecule has 0 aliphatic rings. The Morgan fingerprint density at radius 2 is 2.00 bits per heavy atom. The summed E-state index contributed by atoms with van der Waals surface area (Å²) in [6.45, 7) is 7.52. The monoisotopic (exact) mass is 101 g/mol. The Bertz CT molecular complexity index is 41.4. The first-order chi connectivity index (χ1) is 3.18. The summed E-state index contributed by atoms with van der Waals surface area (Å²) in [5.41, 5.74) is 0. The van der Waals surface area contributed by atoms with E-state index in [4.69, 9.17) is 5.11 Å². The first kappa shape index (κ1) is 6.96. The second kappa shape index (κ2) is 3.03. The maximum atomic E-state index is 8.87. The fraction of sp³-hybridized carbons (Fsp3) is 0.833. The Morgan fingerprint density at radius 3 is 2.00 bits per heavy atom. The predicted molar refractivity (Wildman–Crippen MR) is 30.8 cm³/mol. The van der Waals surface area contributed by atoms with Crippen molar-refractivity contribution in [2.45, 2.75) is 26.4 Å². The molecule has 0 aromatic carbocycles. The molecule has 0 spiro atoms. The minimum atomic E-state index is -0.208. The van der Waals surface area contributed by atoms with E-state index >= 15 is 0 Å². The largest absolute Gasteiger partial charge is 0.393 e. The predicted octanol–water partition coefficient (Wildman–Crippen LogP) is 1.23. The van der Waals surface area contributed by atoms with Crippen LogP contribution >= 0.6 is 0 Å². The molecular formula is C6H13O. The van der Waals surface area contributed by atoms with Gasteiger partial charge >= 0.3 is 0 Å². The smallest absolute Gasteiger partial charge is 0.0563 e. The van der Waals surface area contributed by atoms with Crippen molar-refractivity contribution >= 4 is 0 Å². The summed E-state index contributed by atoms with van der Waals surface area (Å²) < 4.78 is 0. The molecule has 1 N–H and O–H groups in total. The van der Waals surface area contributed by atoms with Crippen LogP contribution in [0.3, 0.4) is 0 Å². The number of aliphatic hydroxyl groups is 1. The second-order valence-corrected chi connectivity index (χ2v) is 2.10. The zero-order valence-corrected chi connectivity index (χ0v) is 5.02. The van der Waals surface area contributed by atoms with E-state index in [-0.39, 0.29) is 6.10 Å². The molecule has 43 valence electrons. The molecule has 0 heterocycles. The van der Waals surface area contributed by atoms with E-state index in [1.807, 2.05) is 13.8 Å². The summed E-state index contributed by atoms with van der Waals surface area (Å²) in [5, 5.41) is 8.87. The minimum Gasteiger partial charge on any atom is -0.393 e. The lowest BCUT2D eigenvalue weighted by molar-refractivity contribution is 0.128. The number of rotatable bonds is 2. The summed E-state index contributed by atoms with van der Waals surface area (Å²) in [7, 11) is 0. The van der Waals surface area contributed by atoms with Crippen molar-refractivity contribution in [2.75, 3.05) is 0 Å². The van der Waals surface area contributed by atoms with Crippen LogP contribution in [0.4, 0.5) is 0 Å². The third-order valence-electron chi connectivity index (χ3n) is 1.07. The van der Waals surface area contributed by atoms with Gasteiger partial charge in [0.25, 0.3) is 0 Å². The van der Waals surface area contributed by atoms with Crippen LogP contribution in [0.2, 0.25) is 0 Å². The van der Waals surface area contributed by atoms with Crippen molar-refractivity contribution in [3.8, 4) is 0 Å². The van der Waals surface area contributed by atoms with Gasteiger partial charge in [-0.25, -0.2) is 0 Å². The fourth-order valence-corrected chi connectivity index (χ4v) is 0.333. The molecule has 1 unspecified atom stereocenters. The lowest BCUT2D eigenvalue weighted by atomic mass is 10.1. The van der Waals surface area contributed by atoms with E-state index in [0.29, 0.717) is 12.3 Å². The third-order valence-corrected chi connectivity index (χ3v) is 1.07. The molecule has 0 saturated carbocycles. The Labute approximate surface area is 45.4 Å². The van der Waals surface area contributed by atoms with Gasteiger partial charge in [-0.3, -0.25) is 0 Å². The lowest BCUT2D eigenvalue weighted by Crippen LogP contribution is -2.12. The molecule has 0 aliphatic heterocycles. The molecule has 0 bridgehead atoms. The Balaban J connectivity index is 3.14. The molecule has 7 heavy (non-hydrogen) atoms. The quantitative estimate of drug-likeness (QED) is 0.554. The maximum Gasteiger partial charge on any atom is 0.0563 e. The minimum absolute atomic E-state index is 0.208. The molecule has 0 aromatic heterocycles. The van der Waals surface area contributed by atoms with Gasteiger partial charge in [-0.15, -0.1) is 0 Å². The fourth-order valence-electron chi connectivity index (χ4n) is 0.333. The van der Waals surface area contributed by atoms with Crippen molar-refractivity contribution in [1.82, 2.24) is 0 Å². The Kier molecular flexibility index (Phi) is 3.01. The van der Waals surface area contributed by atoms with Crippen LogP contribution in [0.15, 0.2) is 0 Å². The van der Waals surface area contributed by atoms with Crippen LogP contribution in [-0.2, 0) is 0 Å². The van der Waals surface area contributed by atoms with Gasteiger partial charge in [-0.2, -0.15) is 0 Å². The maximum absolute atomic E-state index is 8.87. The topological polar surface area (TPSA) is 20.2 Å². The lowest BCUT2D eigenvalue weighted by Gasteiger charge is -2.09. The summed E-state index contributed by atoms with van der Waals surface area (Å²) >= 11 is 0. The molecular weight excluding hydrogens is 88.1 g/mol. The van der Waals surface area contributed by atoms with Crippen molar-refractivity contribution in [3.63, 3.8) is 0 Å². The highest BCUT2D eigenvalue weighted by molar-refractivity contribution is 4.59. The van der Waals surface area contributed by atoms with Gasteiger partial charge in [-0.1, -0.05) is 20.8 Å². The van der Waals surface area contributed by atoms with Crippen LogP contribution in [0.25, 0.3) is 0 Å². The molecule has 0 aliphatic carbocycles. The summed E-state index contributed by atoms with van der Waals surface area (Å²) in [6, 6.07) is 0. The molecule has 1 atom stereocenters. The van der Waals surface area contributed by atoms with Crippen molar-refractivity contribution in [2.24, 2.45) is 5.92 Å². The molecule has 1 nitrogen and oxygen atoms in total. The molecule has 0 fully saturated rings. The van der Waals surface area contributed by atoms with Crippen molar-refractivity contribution in [1.29, 1.82) is 0 Å². The van der Waals surface area contributed by atoms with E-state index in [2.05, 4.69) is 6.92 Å². The number of hydrogen-bond donors (Lipinski definition) is 1. The second-order valence-electron chi connectivity index (χ2n) is 2.10. The van der Waals surface area contributed by atoms with Crippen LogP contribution in [0.1, 0.15) is 20.3 Å². The SMILES string of the molecule is [CH2]CC(O)C(C)C. The average molecular weight is 101 g/mol. The third kappa shape index (κ3) is 2.63. The van der Waals surface area contributed by atoms with Gasteiger partial charge in [0.2, 0.25) is 0 Å². The molecule has 0 saturated heterocycles. The normalized spacial score (nSPS) is 15.0. The number of aliphatic hydroxyl groups excluding tert-OH is 1. The Hall–Kier alpha value is -0.0400. The van der Waals surface area contributed by atoms with Gasteiger partial charge in [0.05, 0.1) is 6.10 Å². The molecule has 1 heteroatoms. The van der Waals surface area contributed by atoms with Gasteiger partial charge in [0, 0.05) is 0 Å². The first-order valence-corrected chi connectivity index (χ1v) is 2.65. The highest BCUT2D eigenvalue weighted by atomic mass is 16.3. The summed E-state index contributed by atoms with van der Waals surface area (Å²) in [4.78, 5) is 0. The van der Waals surface area contributed by atoms with Gasteiger partial charge in [-0.05, 0) is 12.3 Å². The zero-order valence-electron chi connectivity index (χ0n) is 5.02. The highest BCUT2D eigenvalue weighted by Gasteiger charge is 2.03. The van der Waals surface area contributed by atoms with Gasteiger partial charge in [0.1, 0.15) is 0 Å². The van der Waals surface area contributed by atoms with Crippen LogP contribution in [0, 0.1) is 12.8 Å². The van der Waals surface area contributed by atoms with Crippen LogP contribution < -0.4 is 0 Å². The molecule has 1 radical (unpaired) electrons. The van der Waals surface area contributed by atoms with E-state index in [1.54, 1.807) is 0 Å². The number of hydrogen-bond acceptors (Lipinski definition) is 1. The van der Waals surface area contributed by atoms with E-state index < -0.39 is 0 Å². The van der Waals surface area contributed by atoms with E-state index in [1.165, 1.54) is 0 Å². The van der Waals surface area contributed by atoms with Gasteiger partial charge < -0.3 is 5.11 Å². The van der Waals surface area contributed by atoms with Crippen molar-refractivity contribution in [3.05, 3.63) is 6.92 Å². The van der Waals surface area contributed by atoms with E-state index in [0.717, 1.165) is 0 Å². The first-order valence-electron chi connectivity index (χ1n) is 2.65. The zero-order chi connectivity index (χ0) is 5.86. The molecule has 0 amide bonds. The summed E-state index contributed by atoms with van der Waals surface area (Å²) in [6.07, 6.45) is 0.414. The van der Waals surface area contributed by atoms with Crippen LogP contribution in [0.5, 0.6) is 0 Å². The Morgan fingerprint density at radius 1 is 1.57 bits per heavy atom. The highest BCUT2D eigenvalue weighted by Crippen LogP contribution is 2.02. The van der Waals surface area contributed by atoms with Crippen LogP contribution in [-0.4, -0.2) is 11.2 Å². The van der Waals surface area contributed by atoms with Gasteiger partial charge in [0.15, 0.2) is 0 Å². The molecule has 0 aromatic rings.